The molecule has 2 aromatic carbocycles. The molecule has 0 radical (unpaired) electrons. The number of benzene rings is 2. The van der Waals surface area contributed by atoms with Crippen LogP contribution in [0.2, 0.25) is 0 Å². The molecule has 0 amide bonds. The van der Waals surface area contributed by atoms with Crippen molar-refractivity contribution in [2.75, 3.05) is 13.6 Å². The SMILES string of the molecule is CN(Cc1ccccc1)C[C@@H](O)Cn1cnc2ccccc2c1=O. The maximum atomic E-state index is 12.4. The Labute approximate surface area is 140 Å². The standard InChI is InChI=1S/C19H21N3O2/c1-21(11-15-7-3-2-4-8-15)12-16(23)13-22-14-20-18-10-6-5-9-17(18)19(22)24/h2-10,14,16,23H,11-13H2,1H3/t16-/m1/s1. The Morgan fingerprint density at radius 3 is 2.62 bits per heavy atom. The Bertz CT molecular complexity index is 861. The van der Waals surface area contributed by atoms with E-state index in [1.54, 1.807) is 6.07 Å². The van der Waals surface area contributed by atoms with Crippen LogP contribution in [0.1, 0.15) is 5.56 Å². The fraction of sp³-hybridized carbons (Fsp3) is 0.263. The van der Waals surface area contributed by atoms with Crippen molar-refractivity contribution in [2.45, 2.75) is 19.2 Å². The normalized spacial score (nSPS) is 12.6. The van der Waals surface area contributed by atoms with Gasteiger partial charge >= 0.3 is 0 Å². The number of nitrogens with zero attached hydrogens (tertiary/aromatic N) is 3. The third kappa shape index (κ3) is 3.88. The van der Waals surface area contributed by atoms with Gasteiger partial charge in [-0.15, -0.1) is 0 Å². The average molecular weight is 323 g/mol. The number of aliphatic hydroxyl groups excluding tert-OH is 1. The summed E-state index contributed by atoms with van der Waals surface area (Å²) in [5, 5.41) is 10.9. The Morgan fingerprint density at radius 2 is 1.83 bits per heavy atom. The minimum Gasteiger partial charge on any atom is -0.390 e. The Balaban J connectivity index is 1.65. The molecule has 0 saturated heterocycles. The fourth-order valence-corrected chi connectivity index (χ4v) is 2.84. The van der Waals surface area contributed by atoms with E-state index in [0.29, 0.717) is 17.4 Å². The zero-order valence-corrected chi connectivity index (χ0v) is 13.7. The second kappa shape index (κ2) is 7.38. The van der Waals surface area contributed by atoms with Gasteiger partial charge in [-0.3, -0.25) is 14.3 Å². The zero-order chi connectivity index (χ0) is 16.9. The van der Waals surface area contributed by atoms with Crippen LogP contribution in [0.4, 0.5) is 0 Å². The lowest BCUT2D eigenvalue weighted by molar-refractivity contribution is 0.106. The second-order valence-corrected chi connectivity index (χ2v) is 6.06. The van der Waals surface area contributed by atoms with Gasteiger partial charge in [0.1, 0.15) is 0 Å². The number of likely N-dealkylation sites (N-methyl/N-ethyl adjacent to an activating group) is 1. The molecule has 0 fully saturated rings. The number of fused-ring (bicyclic) bond motifs is 1. The van der Waals surface area contributed by atoms with Gasteiger partial charge in [0.2, 0.25) is 0 Å². The summed E-state index contributed by atoms with van der Waals surface area (Å²) >= 11 is 0. The third-order valence-corrected chi connectivity index (χ3v) is 3.96. The molecule has 3 rings (SSSR count). The average Bonchev–Trinajstić information content (AvgIpc) is 2.58. The summed E-state index contributed by atoms with van der Waals surface area (Å²) in [5.74, 6) is 0. The van der Waals surface area contributed by atoms with Crippen LogP contribution in [0.15, 0.2) is 65.7 Å². The lowest BCUT2D eigenvalue weighted by atomic mass is 10.2. The summed E-state index contributed by atoms with van der Waals surface area (Å²) in [5.41, 5.74) is 1.75. The van der Waals surface area contributed by atoms with E-state index in [9.17, 15) is 9.90 Å². The Morgan fingerprint density at radius 1 is 1.12 bits per heavy atom. The molecule has 0 aliphatic rings. The topological polar surface area (TPSA) is 58.4 Å². The van der Waals surface area contributed by atoms with Crippen molar-refractivity contribution < 1.29 is 5.11 Å². The van der Waals surface area contributed by atoms with Gasteiger partial charge in [0.05, 0.1) is 29.9 Å². The minimum atomic E-state index is -0.639. The number of para-hydroxylation sites is 1. The maximum Gasteiger partial charge on any atom is 0.261 e. The summed E-state index contributed by atoms with van der Waals surface area (Å²) in [7, 11) is 1.96. The first-order chi connectivity index (χ1) is 11.6. The maximum absolute atomic E-state index is 12.4. The highest BCUT2D eigenvalue weighted by Crippen LogP contribution is 2.06. The minimum absolute atomic E-state index is 0.120. The van der Waals surface area contributed by atoms with E-state index in [2.05, 4.69) is 17.1 Å². The van der Waals surface area contributed by atoms with Crippen LogP contribution < -0.4 is 5.56 Å². The van der Waals surface area contributed by atoms with Gasteiger partial charge in [-0.1, -0.05) is 42.5 Å². The molecular formula is C19H21N3O2. The van der Waals surface area contributed by atoms with E-state index in [0.717, 1.165) is 6.54 Å². The van der Waals surface area contributed by atoms with Gasteiger partial charge in [0, 0.05) is 13.1 Å². The smallest absolute Gasteiger partial charge is 0.261 e. The predicted molar refractivity (Wildman–Crippen MR) is 94.8 cm³/mol. The molecule has 0 aliphatic carbocycles. The van der Waals surface area contributed by atoms with Gasteiger partial charge in [0.15, 0.2) is 0 Å². The van der Waals surface area contributed by atoms with E-state index in [-0.39, 0.29) is 12.1 Å². The van der Waals surface area contributed by atoms with E-state index >= 15 is 0 Å². The van der Waals surface area contributed by atoms with Crippen molar-refractivity contribution in [2.24, 2.45) is 0 Å². The molecule has 1 N–H and O–H groups in total. The van der Waals surface area contributed by atoms with Crippen molar-refractivity contribution in [3.8, 4) is 0 Å². The molecule has 5 heteroatoms. The highest BCUT2D eigenvalue weighted by atomic mass is 16.3. The van der Waals surface area contributed by atoms with Crippen molar-refractivity contribution in [3.05, 3.63) is 76.8 Å². The van der Waals surface area contributed by atoms with Crippen molar-refractivity contribution in [1.29, 1.82) is 0 Å². The van der Waals surface area contributed by atoms with E-state index in [1.807, 2.05) is 48.3 Å². The first-order valence-corrected chi connectivity index (χ1v) is 7.98. The first kappa shape index (κ1) is 16.4. The van der Waals surface area contributed by atoms with Gasteiger partial charge < -0.3 is 5.11 Å². The van der Waals surface area contributed by atoms with Crippen molar-refractivity contribution in [1.82, 2.24) is 14.5 Å². The summed E-state index contributed by atoms with van der Waals surface area (Å²) < 4.78 is 1.48. The lowest BCUT2D eigenvalue weighted by Crippen LogP contribution is -2.34. The summed E-state index contributed by atoms with van der Waals surface area (Å²) in [6, 6.07) is 17.3. The quantitative estimate of drug-likeness (QED) is 0.753. The number of hydrogen-bond donors (Lipinski definition) is 1. The van der Waals surface area contributed by atoms with Crippen molar-refractivity contribution >= 4 is 10.9 Å². The van der Waals surface area contributed by atoms with Gasteiger partial charge in [-0.2, -0.15) is 0 Å². The highest BCUT2D eigenvalue weighted by Gasteiger charge is 2.12. The summed E-state index contributed by atoms with van der Waals surface area (Å²) in [6.07, 6.45) is 0.866. The Hall–Kier alpha value is -2.50. The molecule has 3 aromatic rings. The summed E-state index contributed by atoms with van der Waals surface area (Å²) in [6.45, 7) is 1.47. The Kier molecular flexibility index (Phi) is 5.03. The van der Waals surface area contributed by atoms with Crippen LogP contribution in [0.25, 0.3) is 10.9 Å². The van der Waals surface area contributed by atoms with Gasteiger partial charge in [-0.25, -0.2) is 4.98 Å². The second-order valence-electron chi connectivity index (χ2n) is 6.06. The molecule has 5 nitrogen and oxygen atoms in total. The molecular weight excluding hydrogens is 302 g/mol. The number of aromatic nitrogens is 2. The summed E-state index contributed by atoms with van der Waals surface area (Å²) in [4.78, 5) is 18.8. The number of rotatable bonds is 6. The van der Waals surface area contributed by atoms with Gasteiger partial charge in [-0.05, 0) is 24.7 Å². The molecule has 0 unspecified atom stereocenters. The largest absolute Gasteiger partial charge is 0.390 e. The lowest BCUT2D eigenvalue weighted by Gasteiger charge is -2.21. The van der Waals surface area contributed by atoms with Crippen LogP contribution >= 0.6 is 0 Å². The molecule has 0 aliphatic heterocycles. The van der Waals surface area contributed by atoms with Crippen LogP contribution in [-0.4, -0.2) is 39.3 Å². The molecule has 0 saturated carbocycles. The molecule has 0 spiro atoms. The molecule has 124 valence electrons. The van der Waals surface area contributed by atoms with Crippen molar-refractivity contribution in [3.63, 3.8) is 0 Å². The molecule has 0 bridgehead atoms. The molecule has 1 atom stereocenters. The molecule has 1 heterocycles. The van der Waals surface area contributed by atoms with Crippen LogP contribution in [-0.2, 0) is 13.1 Å². The zero-order valence-electron chi connectivity index (χ0n) is 13.7. The highest BCUT2D eigenvalue weighted by molar-refractivity contribution is 5.76. The van der Waals surface area contributed by atoms with Crippen LogP contribution in [0.3, 0.4) is 0 Å². The first-order valence-electron chi connectivity index (χ1n) is 7.98. The van der Waals surface area contributed by atoms with E-state index in [4.69, 9.17) is 0 Å². The molecule has 24 heavy (non-hydrogen) atoms. The number of aliphatic hydroxyl groups is 1. The van der Waals surface area contributed by atoms with E-state index < -0.39 is 6.10 Å². The monoisotopic (exact) mass is 323 g/mol. The van der Waals surface area contributed by atoms with Crippen LogP contribution in [0.5, 0.6) is 0 Å². The number of hydrogen-bond acceptors (Lipinski definition) is 4. The predicted octanol–water partition coefficient (Wildman–Crippen LogP) is 1.89. The van der Waals surface area contributed by atoms with Gasteiger partial charge in [0.25, 0.3) is 5.56 Å². The third-order valence-electron chi connectivity index (χ3n) is 3.96. The van der Waals surface area contributed by atoms with Crippen LogP contribution in [0, 0.1) is 0 Å². The van der Waals surface area contributed by atoms with E-state index in [1.165, 1.54) is 16.5 Å². The fourth-order valence-electron chi connectivity index (χ4n) is 2.84. The molecule has 1 aromatic heterocycles.